The number of benzene rings is 1. The third kappa shape index (κ3) is 6.96. The zero-order chi connectivity index (χ0) is 35.6. The number of halogens is 1. The number of nitrogens with zero attached hydrogens (tertiary/aromatic N) is 5. The zero-order valence-corrected chi connectivity index (χ0v) is 30.1. The summed E-state index contributed by atoms with van der Waals surface area (Å²) in [6, 6.07) is 4.63. The number of sulfone groups is 1. The number of ether oxygens (including phenoxy) is 3. The molecular weight excluding hydrogens is 676 g/mol. The van der Waals surface area contributed by atoms with Crippen molar-refractivity contribution in [2.45, 2.75) is 102 Å². The second kappa shape index (κ2) is 12.3. The summed E-state index contributed by atoms with van der Waals surface area (Å²) in [4.78, 5) is 38.3. The fraction of sp³-hybridized carbons (Fsp3) is 0.545. The molecular formula is C33H39FN6O7S2. The number of anilines is 2. The van der Waals surface area contributed by atoms with Crippen LogP contribution in [0.1, 0.15) is 83.6 Å². The Kier molecular flexibility index (Phi) is 8.67. The number of thiophene rings is 1. The highest BCUT2D eigenvalue weighted by Gasteiger charge is 2.46. The van der Waals surface area contributed by atoms with Crippen molar-refractivity contribution in [3.63, 3.8) is 0 Å². The van der Waals surface area contributed by atoms with E-state index in [9.17, 15) is 23.3 Å². The molecule has 16 heteroatoms. The normalized spacial score (nSPS) is 20.8. The average Bonchev–Trinajstić information content (AvgIpc) is 3.48. The molecule has 1 aromatic carbocycles. The second-order valence-corrected chi connectivity index (χ2v) is 17.5. The van der Waals surface area contributed by atoms with Crippen LogP contribution in [0.15, 0.2) is 17.3 Å². The van der Waals surface area contributed by atoms with Gasteiger partial charge in [-0.3, -0.25) is 10.2 Å². The Hall–Kier alpha value is -4.23. The maximum absolute atomic E-state index is 15.2. The van der Waals surface area contributed by atoms with E-state index in [0.29, 0.717) is 48.3 Å². The number of amides is 2. The maximum Gasteiger partial charge on any atom is 0.412 e. The number of aromatic nitrogens is 2. The summed E-state index contributed by atoms with van der Waals surface area (Å²) in [5, 5.41) is 12.8. The Morgan fingerprint density at radius 3 is 2.31 bits per heavy atom. The highest BCUT2D eigenvalue weighted by molar-refractivity contribution is 7.90. The Bertz CT molecular complexity index is 1980. The predicted molar refractivity (Wildman–Crippen MR) is 180 cm³/mol. The van der Waals surface area contributed by atoms with Crippen LogP contribution in [0.2, 0.25) is 0 Å². The van der Waals surface area contributed by atoms with Gasteiger partial charge in [0.15, 0.2) is 0 Å². The van der Waals surface area contributed by atoms with Crippen LogP contribution in [0.5, 0.6) is 5.88 Å². The Morgan fingerprint density at radius 1 is 1.06 bits per heavy atom. The molecule has 5 heterocycles. The van der Waals surface area contributed by atoms with Gasteiger partial charge in [0.25, 0.3) is 5.16 Å². The van der Waals surface area contributed by atoms with Crippen LogP contribution in [0, 0.1) is 17.1 Å². The number of nitrogens with one attached hydrogen (secondary N) is 1. The molecule has 6 rings (SSSR count). The van der Waals surface area contributed by atoms with Gasteiger partial charge in [-0.2, -0.15) is 10.2 Å². The summed E-state index contributed by atoms with van der Waals surface area (Å²) < 4.78 is 58.4. The summed E-state index contributed by atoms with van der Waals surface area (Å²) in [5.74, 6) is -0.0503. The molecule has 2 amide bonds. The van der Waals surface area contributed by atoms with Gasteiger partial charge >= 0.3 is 12.2 Å². The molecule has 2 fully saturated rings. The van der Waals surface area contributed by atoms with Crippen molar-refractivity contribution in [2.75, 3.05) is 29.6 Å². The first-order chi connectivity index (χ1) is 22.8. The van der Waals surface area contributed by atoms with E-state index in [-0.39, 0.29) is 39.3 Å². The van der Waals surface area contributed by atoms with Crippen LogP contribution in [0.4, 0.5) is 24.8 Å². The van der Waals surface area contributed by atoms with E-state index in [1.807, 2.05) is 25.7 Å². The number of fused-ring (bicyclic) bond motifs is 4. The standard InChI is InChI=1S/C33H39FN6O7S2/c1-32(2,3)46-30(41)38-28-21(14-35)24-19(10-12-22(34)25(24)48-28)23-13-11-20-26(36-29(49(7,43)44)37-27(20)45-23)39-15-17-8-9-18(16-39)40(17)31(42)47-33(4,5)6/h10,12,17-18,23H,8-9,11,13,15-16H2,1-7H3,(H,38,41)/t17-,18+,23?. The lowest BCUT2D eigenvalue weighted by atomic mass is 9.95. The highest BCUT2D eigenvalue weighted by Crippen LogP contribution is 2.46. The molecule has 1 N–H and O–H groups in total. The third-order valence-corrected chi connectivity index (χ3v) is 10.4. The molecule has 1 unspecified atom stereocenters. The van der Waals surface area contributed by atoms with Crippen LogP contribution in [-0.2, 0) is 25.7 Å². The van der Waals surface area contributed by atoms with Crippen molar-refractivity contribution >= 4 is 54.3 Å². The monoisotopic (exact) mass is 714 g/mol. The van der Waals surface area contributed by atoms with Gasteiger partial charge in [0.2, 0.25) is 15.7 Å². The Balaban J connectivity index is 1.34. The van der Waals surface area contributed by atoms with Crippen molar-refractivity contribution in [1.29, 1.82) is 5.26 Å². The molecule has 2 saturated heterocycles. The number of rotatable bonds is 4. The first-order valence-corrected chi connectivity index (χ1v) is 18.7. The largest absolute Gasteiger partial charge is 0.469 e. The smallest absolute Gasteiger partial charge is 0.412 e. The fourth-order valence-electron chi connectivity index (χ4n) is 6.61. The fourth-order valence-corrected chi connectivity index (χ4v) is 8.19. The molecule has 3 atom stereocenters. The van der Waals surface area contributed by atoms with Gasteiger partial charge in [-0.1, -0.05) is 6.07 Å². The lowest BCUT2D eigenvalue weighted by Crippen LogP contribution is -2.57. The molecule has 0 radical (unpaired) electrons. The molecule has 13 nitrogen and oxygen atoms in total. The molecule has 2 aromatic heterocycles. The molecule has 3 aliphatic rings. The zero-order valence-electron chi connectivity index (χ0n) is 28.4. The lowest BCUT2D eigenvalue weighted by Gasteiger charge is -2.42. The van der Waals surface area contributed by atoms with E-state index in [2.05, 4.69) is 21.4 Å². The van der Waals surface area contributed by atoms with Gasteiger partial charge in [-0.25, -0.2) is 27.4 Å². The number of nitriles is 1. The summed E-state index contributed by atoms with van der Waals surface area (Å²) in [7, 11) is -3.86. The first kappa shape index (κ1) is 34.6. The highest BCUT2D eigenvalue weighted by atomic mass is 32.2. The van der Waals surface area contributed by atoms with Crippen LogP contribution >= 0.6 is 11.3 Å². The molecule has 0 saturated carbocycles. The number of piperazine rings is 1. The summed E-state index contributed by atoms with van der Waals surface area (Å²) in [6.07, 6.45) is 1.50. The van der Waals surface area contributed by atoms with Gasteiger partial charge in [-0.05, 0) is 73.3 Å². The van der Waals surface area contributed by atoms with Crippen molar-refractivity contribution < 1.29 is 36.6 Å². The molecule has 49 heavy (non-hydrogen) atoms. The van der Waals surface area contributed by atoms with Gasteiger partial charge in [0, 0.05) is 30.3 Å². The quantitative estimate of drug-likeness (QED) is 0.310. The second-order valence-electron chi connectivity index (χ2n) is 14.6. The lowest BCUT2D eigenvalue weighted by molar-refractivity contribution is 0.0122. The van der Waals surface area contributed by atoms with E-state index in [1.54, 1.807) is 25.7 Å². The van der Waals surface area contributed by atoms with E-state index in [0.717, 1.165) is 30.4 Å². The van der Waals surface area contributed by atoms with Gasteiger partial charge in [0.05, 0.1) is 27.9 Å². The molecule has 262 valence electrons. The Morgan fingerprint density at radius 2 is 1.71 bits per heavy atom. The molecule has 0 aliphatic carbocycles. The topological polar surface area (TPSA) is 164 Å². The number of carbonyl (C=O) groups is 2. The number of carbonyl (C=O) groups excluding carboxylic acids is 2. The molecule has 2 bridgehead atoms. The van der Waals surface area contributed by atoms with E-state index < -0.39 is 44.2 Å². The molecule has 3 aliphatic heterocycles. The third-order valence-electron chi connectivity index (χ3n) is 8.45. The minimum atomic E-state index is -3.86. The van der Waals surface area contributed by atoms with Gasteiger partial charge in [-0.15, -0.1) is 11.3 Å². The van der Waals surface area contributed by atoms with Crippen molar-refractivity contribution in [1.82, 2.24) is 14.9 Å². The van der Waals surface area contributed by atoms with Crippen LogP contribution < -0.4 is 15.0 Å². The number of hydrogen-bond donors (Lipinski definition) is 1. The van der Waals surface area contributed by atoms with Crippen molar-refractivity contribution in [3.8, 4) is 11.9 Å². The maximum atomic E-state index is 15.2. The predicted octanol–water partition coefficient (Wildman–Crippen LogP) is 6.11. The van der Waals surface area contributed by atoms with Crippen LogP contribution in [-0.4, -0.2) is 78.1 Å². The minimum Gasteiger partial charge on any atom is -0.469 e. The summed E-state index contributed by atoms with van der Waals surface area (Å²) in [5.41, 5.74) is -0.235. The van der Waals surface area contributed by atoms with Gasteiger partial charge in [0.1, 0.15) is 40.0 Å². The van der Waals surface area contributed by atoms with Crippen LogP contribution in [0.25, 0.3) is 10.1 Å². The van der Waals surface area contributed by atoms with E-state index in [4.69, 9.17) is 14.2 Å². The Labute approximate surface area is 288 Å². The van der Waals surface area contributed by atoms with Gasteiger partial charge < -0.3 is 19.1 Å². The van der Waals surface area contributed by atoms with E-state index in [1.165, 1.54) is 12.1 Å². The molecule has 3 aromatic rings. The summed E-state index contributed by atoms with van der Waals surface area (Å²) >= 11 is 0.918. The van der Waals surface area contributed by atoms with Crippen molar-refractivity contribution in [2.24, 2.45) is 0 Å². The van der Waals surface area contributed by atoms with E-state index >= 15 is 4.39 Å². The minimum absolute atomic E-state index is 0.0632. The number of hydrogen-bond acceptors (Lipinski definition) is 12. The first-order valence-electron chi connectivity index (χ1n) is 16.0. The average molecular weight is 715 g/mol. The SMILES string of the molecule is CC(C)(C)OC(=O)Nc1sc2c(F)ccc(C3CCc4c(nc(S(C)(=O)=O)nc4N4C[C@H]5CC[C@@H](C4)N5C(=O)OC(C)(C)C)O3)c2c1C#N. The van der Waals surface area contributed by atoms with Crippen LogP contribution in [0.3, 0.4) is 0 Å². The molecule has 0 spiro atoms. The summed E-state index contributed by atoms with van der Waals surface area (Å²) in [6.45, 7) is 11.5. The van der Waals surface area contributed by atoms with Crippen molar-refractivity contribution in [3.05, 3.63) is 34.6 Å².